The maximum Gasteiger partial charge on any atom is 0.317 e. The zero-order chi connectivity index (χ0) is 15.1. The highest BCUT2D eigenvalue weighted by Crippen LogP contribution is 2.38. The summed E-state index contributed by atoms with van der Waals surface area (Å²) in [5.41, 5.74) is 2.07. The largest absolute Gasteiger partial charge is 0.336 e. The summed E-state index contributed by atoms with van der Waals surface area (Å²) in [6.45, 7) is 2.54. The number of benzene rings is 1. The summed E-state index contributed by atoms with van der Waals surface area (Å²) in [6, 6.07) is 8.18. The van der Waals surface area contributed by atoms with Gasteiger partial charge in [0.2, 0.25) is 0 Å². The average molecular weight is 299 g/mol. The molecule has 1 atom stereocenters. The molecule has 22 heavy (non-hydrogen) atoms. The molecule has 2 saturated heterocycles. The van der Waals surface area contributed by atoms with Gasteiger partial charge in [-0.2, -0.15) is 0 Å². The van der Waals surface area contributed by atoms with Gasteiger partial charge in [-0.3, -0.25) is 4.79 Å². The molecule has 5 nitrogen and oxygen atoms in total. The van der Waals surface area contributed by atoms with E-state index in [-0.39, 0.29) is 18.0 Å². The Morgan fingerprint density at radius 2 is 2.00 bits per heavy atom. The van der Waals surface area contributed by atoms with Gasteiger partial charge in [0.1, 0.15) is 0 Å². The van der Waals surface area contributed by atoms with Crippen LogP contribution in [0.25, 0.3) is 0 Å². The van der Waals surface area contributed by atoms with Crippen molar-refractivity contribution in [1.29, 1.82) is 0 Å². The number of carbonyl (C=O) groups is 2. The van der Waals surface area contributed by atoms with Gasteiger partial charge in [0.05, 0.1) is 6.04 Å². The van der Waals surface area contributed by atoms with Crippen molar-refractivity contribution in [2.45, 2.75) is 31.2 Å². The Balaban J connectivity index is 1.54. The zero-order valence-electron chi connectivity index (χ0n) is 12.6. The lowest BCUT2D eigenvalue weighted by Gasteiger charge is -2.37. The van der Waals surface area contributed by atoms with Crippen LogP contribution in [0.4, 0.5) is 4.79 Å². The molecule has 0 aromatic heterocycles. The fraction of sp³-hybridized carbons (Fsp3) is 0.529. The maximum absolute atomic E-state index is 12.9. The van der Waals surface area contributed by atoms with E-state index in [4.69, 9.17) is 0 Å². The van der Waals surface area contributed by atoms with Crippen LogP contribution in [0.2, 0.25) is 0 Å². The molecule has 5 heteroatoms. The molecule has 0 radical (unpaired) electrons. The van der Waals surface area contributed by atoms with E-state index in [1.807, 2.05) is 28.0 Å². The maximum atomic E-state index is 12.9. The number of nitrogens with zero attached hydrogens (tertiary/aromatic N) is 2. The minimum absolute atomic E-state index is 0.00645. The normalized spacial score (nSPS) is 24.7. The Labute approximate surface area is 130 Å². The Kier molecular flexibility index (Phi) is 3.28. The Morgan fingerprint density at radius 1 is 1.18 bits per heavy atom. The molecule has 116 valence electrons. The van der Waals surface area contributed by atoms with Crippen LogP contribution in [0.1, 0.15) is 41.1 Å². The van der Waals surface area contributed by atoms with Gasteiger partial charge in [-0.25, -0.2) is 4.79 Å². The van der Waals surface area contributed by atoms with E-state index in [2.05, 4.69) is 11.4 Å². The third-order valence-electron chi connectivity index (χ3n) is 5.26. The molecule has 3 fully saturated rings. The number of amides is 3. The first-order valence-corrected chi connectivity index (χ1v) is 8.16. The number of nitrogens with one attached hydrogen (secondary N) is 1. The van der Waals surface area contributed by atoms with Gasteiger partial charge in [0.25, 0.3) is 5.91 Å². The molecule has 2 aliphatic heterocycles. The lowest BCUT2D eigenvalue weighted by molar-refractivity contribution is 0.0614. The van der Waals surface area contributed by atoms with Gasteiger partial charge >= 0.3 is 6.03 Å². The first kappa shape index (κ1) is 13.6. The quantitative estimate of drug-likeness (QED) is 0.905. The van der Waals surface area contributed by atoms with E-state index in [0.29, 0.717) is 32.1 Å². The fourth-order valence-corrected chi connectivity index (χ4v) is 3.73. The van der Waals surface area contributed by atoms with Crippen molar-refractivity contribution in [2.75, 3.05) is 26.2 Å². The summed E-state index contributed by atoms with van der Waals surface area (Å²) < 4.78 is 0. The van der Waals surface area contributed by atoms with Crippen LogP contribution in [0.5, 0.6) is 0 Å². The van der Waals surface area contributed by atoms with Gasteiger partial charge in [0.15, 0.2) is 0 Å². The van der Waals surface area contributed by atoms with Crippen LogP contribution in [-0.2, 0) is 0 Å². The molecular formula is C17H21N3O2. The molecule has 4 rings (SSSR count). The number of piperazine rings is 1. The second kappa shape index (κ2) is 5.30. The van der Waals surface area contributed by atoms with E-state index in [0.717, 1.165) is 5.56 Å². The van der Waals surface area contributed by atoms with Gasteiger partial charge in [0, 0.05) is 31.7 Å². The molecule has 0 spiro atoms. The zero-order valence-corrected chi connectivity index (χ0v) is 12.6. The molecule has 1 aromatic carbocycles. The molecule has 0 unspecified atom stereocenters. The highest BCUT2D eigenvalue weighted by Gasteiger charge is 2.37. The first-order chi connectivity index (χ1) is 10.7. The summed E-state index contributed by atoms with van der Waals surface area (Å²) in [6.07, 6.45) is 3.65. The number of fused-ring (bicyclic) bond motifs is 1. The van der Waals surface area contributed by atoms with Gasteiger partial charge in [-0.1, -0.05) is 24.6 Å². The van der Waals surface area contributed by atoms with E-state index < -0.39 is 0 Å². The van der Waals surface area contributed by atoms with Crippen LogP contribution in [0, 0.1) is 0 Å². The summed E-state index contributed by atoms with van der Waals surface area (Å²) >= 11 is 0. The summed E-state index contributed by atoms with van der Waals surface area (Å²) in [4.78, 5) is 28.4. The number of hydrogen-bond donors (Lipinski definition) is 1. The first-order valence-electron chi connectivity index (χ1n) is 8.16. The van der Waals surface area contributed by atoms with Crippen LogP contribution >= 0.6 is 0 Å². The fourth-order valence-electron chi connectivity index (χ4n) is 3.73. The number of carbonyl (C=O) groups excluding carboxylic acids is 2. The minimum atomic E-state index is 0.00645. The van der Waals surface area contributed by atoms with E-state index in [1.54, 1.807) is 0 Å². The smallest absolute Gasteiger partial charge is 0.317 e. The molecule has 1 aliphatic carbocycles. The Hall–Kier alpha value is -2.04. The second-order valence-electron chi connectivity index (χ2n) is 6.50. The lowest BCUT2D eigenvalue weighted by atomic mass is 9.78. The van der Waals surface area contributed by atoms with Crippen molar-refractivity contribution < 1.29 is 9.59 Å². The van der Waals surface area contributed by atoms with Gasteiger partial charge in [-0.15, -0.1) is 0 Å². The molecular weight excluding hydrogens is 278 g/mol. The van der Waals surface area contributed by atoms with Crippen molar-refractivity contribution in [3.63, 3.8) is 0 Å². The topological polar surface area (TPSA) is 52.7 Å². The predicted octanol–water partition coefficient (Wildman–Crippen LogP) is 1.80. The number of rotatable bonds is 2. The highest BCUT2D eigenvalue weighted by molar-refractivity contribution is 5.96. The van der Waals surface area contributed by atoms with Crippen molar-refractivity contribution in [1.82, 2.24) is 15.1 Å². The molecule has 0 bridgehead atoms. The third kappa shape index (κ3) is 2.16. The predicted molar refractivity (Wildman–Crippen MR) is 82.8 cm³/mol. The van der Waals surface area contributed by atoms with E-state index in [1.165, 1.54) is 24.8 Å². The van der Waals surface area contributed by atoms with E-state index in [9.17, 15) is 9.59 Å². The minimum Gasteiger partial charge on any atom is -0.336 e. The summed E-state index contributed by atoms with van der Waals surface area (Å²) in [5.74, 6) is 0.678. The summed E-state index contributed by atoms with van der Waals surface area (Å²) in [5, 5.41) is 2.86. The van der Waals surface area contributed by atoms with Crippen molar-refractivity contribution in [2.24, 2.45) is 0 Å². The third-order valence-corrected chi connectivity index (χ3v) is 5.26. The lowest BCUT2D eigenvalue weighted by Crippen LogP contribution is -2.53. The van der Waals surface area contributed by atoms with Crippen LogP contribution < -0.4 is 5.32 Å². The SMILES string of the molecule is O=C(c1ccccc1C1CCC1)N1CCN2C(=O)NC[C@H]2C1. The molecule has 1 N–H and O–H groups in total. The molecule has 1 aromatic rings. The van der Waals surface area contributed by atoms with Crippen LogP contribution in [-0.4, -0.2) is 54.0 Å². The molecule has 3 aliphatic rings. The van der Waals surface area contributed by atoms with Crippen LogP contribution in [0.15, 0.2) is 24.3 Å². The van der Waals surface area contributed by atoms with Gasteiger partial charge in [-0.05, 0) is 30.4 Å². The highest BCUT2D eigenvalue weighted by atomic mass is 16.2. The van der Waals surface area contributed by atoms with Crippen molar-refractivity contribution in [3.05, 3.63) is 35.4 Å². The average Bonchev–Trinajstić information content (AvgIpc) is 2.86. The van der Waals surface area contributed by atoms with Crippen molar-refractivity contribution in [3.8, 4) is 0 Å². The molecule has 3 amide bonds. The van der Waals surface area contributed by atoms with Crippen molar-refractivity contribution >= 4 is 11.9 Å². The standard InChI is InChI=1S/C17H21N3O2/c21-16(15-7-2-1-6-14(15)12-4-3-5-12)19-8-9-20-13(11-19)10-18-17(20)22/h1-2,6-7,12-13H,3-5,8-11H2,(H,18,22)/t13-/m0/s1. The number of urea groups is 1. The summed E-state index contributed by atoms with van der Waals surface area (Å²) in [7, 11) is 0. The monoisotopic (exact) mass is 299 g/mol. The van der Waals surface area contributed by atoms with Gasteiger partial charge < -0.3 is 15.1 Å². The molecule has 1 saturated carbocycles. The van der Waals surface area contributed by atoms with Crippen LogP contribution in [0.3, 0.4) is 0 Å². The number of hydrogen-bond acceptors (Lipinski definition) is 2. The molecule has 2 heterocycles. The van der Waals surface area contributed by atoms with E-state index >= 15 is 0 Å². The Bertz CT molecular complexity index is 612. The Morgan fingerprint density at radius 3 is 2.77 bits per heavy atom. The second-order valence-corrected chi connectivity index (χ2v) is 6.50.